The molecular weight excluding hydrogens is 304 g/mol. The van der Waals surface area contributed by atoms with Crippen molar-refractivity contribution in [1.29, 1.82) is 0 Å². The normalized spacial score (nSPS) is 15.4. The average Bonchev–Trinajstić information content (AvgIpc) is 2.63. The van der Waals surface area contributed by atoms with Crippen molar-refractivity contribution in [2.45, 2.75) is 13.0 Å². The number of piperazine rings is 1. The fourth-order valence-electron chi connectivity index (χ4n) is 2.89. The van der Waals surface area contributed by atoms with E-state index in [1.807, 2.05) is 11.0 Å². The Bertz CT molecular complexity index is 721. The third-order valence-corrected chi connectivity index (χ3v) is 4.35. The molecule has 1 aromatic carbocycles. The lowest BCUT2D eigenvalue weighted by atomic mass is 10.1. The zero-order valence-corrected chi connectivity index (χ0v) is 13.7. The minimum absolute atomic E-state index is 0.0175. The number of carbonyl (C=O) groups is 1. The molecule has 6 nitrogen and oxygen atoms in total. The van der Waals surface area contributed by atoms with Crippen LogP contribution < -0.4 is 5.56 Å². The number of carbonyl (C=O) groups excluding carboxylic acids is 1. The maximum absolute atomic E-state index is 12.3. The second-order valence-corrected chi connectivity index (χ2v) is 5.98. The van der Waals surface area contributed by atoms with Crippen LogP contribution in [0.5, 0.6) is 0 Å². The third kappa shape index (κ3) is 4.29. The molecule has 1 saturated heterocycles. The number of nitrogens with zero attached hydrogens (tertiary/aromatic N) is 4. The first-order valence-corrected chi connectivity index (χ1v) is 8.28. The molecule has 1 aliphatic heterocycles. The van der Waals surface area contributed by atoms with Crippen molar-refractivity contribution in [3.05, 3.63) is 64.6 Å². The Morgan fingerprint density at radius 1 is 1.00 bits per heavy atom. The van der Waals surface area contributed by atoms with E-state index in [-0.39, 0.29) is 18.0 Å². The number of hydrogen-bond donors (Lipinski definition) is 0. The maximum atomic E-state index is 12.3. The molecule has 2 aromatic rings. The number of aromatic nitrogens is 2. The standard InChI is InChI=1S/C18H22N4O2/c23-17-7-4-9-19-22(17)15-18(24)21-13-11-20(12-14-21)10-8-16-5-2-1-3-6-16/h1-7,9H,8,10-15H2. The van der Waals surface area contributed by atoms with Crippen LogP contribution in [0.4, 0.5) is 0 Å². The van der Waals surface area contributed by atoms with Gasteiger partial charge in [0, 0.05) is 45.0 Å². The van der Waals surface area contributed by atoms with Gasteiger partial charge in [-0.2, -0.15) is 5.10 Å². The van der Waals surface area contributed by atoms with Gasteiger partial charge in [-0.3, -0.25) is 14.5 Å². The van der Waals surface area contributed by atoms with Gasteiger partial charge in [0.1, 0.15) is 6.54 Å². The molecule has 1 aromatic heterocycles. The highest BCUT2D eigenvalue weighted by atomic mass is 16.2. The first-order chi connectivity index (χ1) is 11.7. The van der Waals surface area contributed by atoms with Crippen molar-refractivity contribution in [3.8, 4) is 0 Å². The predicted octanol–water partition coefficient (Wildman–Crippen LogP) is 0.630. The summed E-state index contributed by atoms with van der Waals surface area (Å²) in [5, 5.41) is 3.94. The van der Waals surface area contributed by atoms with Gasteiger partial charge in [-0.25, -0.2) is 4.68 Å². The second-order valence-electron chi connectivity index (χ2n) is 5.98. The van der Waals surface area contributed by atoms with E-state index in [1.54, 1.807) is 6.07 Å². The van der Waals surface area contributed by atoms with E-state index < -0.39 is 0 Å². The molecular formula is C18H22N4O2. The van der Waals surface area contributed by atoms with Crippen LogP contribution in [0.1, 0.15) is 5.56 Å². The molecule has 0 aliphatic carbocycles. The predicted molar refractivity (Wildman–Crippen MR) is 91.7 cm³/mol. The summed E-state index contributed by atoms with van der Waals surface area (Å²) in [6, 6.07) is 13.4. The molecule has 0 spiro atoms. The molecule has 0 radical (unpaired) electrons. The molecule has 0 unspecified atom stereocenters. The number of benzene rings is 1. The van der Waals surface area contributed by atoms with Crippen LogP contribution in [0.15, 0.2) is 53.5 Å². The monoisotopic (exact) mass is 326 g/mol. The molecule has 24 heavy (non-hydrogen) atoms. The molecule has 2 heterocycles. The van der Waals surface area contributed by atoms with Gasteiger partial charge in [0.05, 0.1) is 0 Å². The summed E-state index contributed by atoms with van der Waals surface area (Å²) in [5.41, 5.74) is 1.10. The van der Waals surface area contributed by atoms with Crippen molar-refractivity contribution < 1.29 is 4.79 Å². The van der Waals surface area contributed by atoms with E-state index in [9.17, 15) is 9.59 Å². The van der Waals surface area contributed by atoms with Crippen LogP contribution in [-0.4, -0.2) is 58.2 Å². The highest BCUT2D eigenvalue weighted by Crippen LogP contribution is 2.06. The molecule has 0 atom stereocenters. The highest BCUT2D eigenvalue weighted by Gasteiger charge is 2.21. The SMILES string of the molecule is O=C(Cn1ncccc1=O)N1CCN(CCc2ccccc2)CC1. The van der Waals surface area contributed by atoms with Gasteiger partial charge in [0.2, 0.25) is 5.91 Å². The lowest BCUT2D eigenvalue weighted by Crippen LogP contribution is -2.50. The van der Waals surface area contributed by atoms with Crippen LogP contribution in [0.2, 0.25) is 0 Å². The van der Waals surface area contributed by atoms with Crippen LogP contribution in [0, 0.1) is 0 Å². The van der Waals surface area contributed by atoms with Crippen molar-refractivity contribution in [2.75, 3.05) is 32.7 Å². The first-order valence-electron chi connectivity index (χ1n) is 8.28. The summed E-state index contributed by atoms with van der Waals surface area (Å²) in [5.74, 6) is -0.0430. The van der Waals surface area contributed by atoms with E-state index in [2.05, 4.69) is 34.3 Å². The molecule has 126 valence electrons. The van der Waals surface area contributed by atoms with Gasteiger partial charge in [-0.05, 0) is 18.1 Å². The van der Waals surface area contributed by atoms with Gasteiger partial charge in [-0.15, -0.1) is 0 Å². The summed E-state index contributed by atoms with van der Waals surface area (Å²) in [6.45, 7) is 4.17. The summed E-state index contributed by atoms with van der Waals surface area (Å²) in [4.78, 5) is 28.1. The van der Waals surface area contributed by atoms with E-state index >= 15 is 0 Å². The topological polar surface area (TPSA) is 58.4 Å². The zero-order valence-electron chi connectivity index (χ0n) is 13.7. The summed E-state index contributed by atoms with van der Waals surface area (Å²) < 4.78 is 1.21. The molecule has 3 rings (SSSR count). The van der Waals surface area contributed by atoms with E-state index in [1.165, 1.54) is 22.5 Å². The molecule has 6 heteroatoms. The molecule has 0 saturated carbocycles. The fourth-order valence-corrected chi connectivity index (χ4v) is 2.89. The van der Waals surface area contributed by atoms with Gasteiger partial charge in [-0.1, -0.05) is 30.3 Å². The molecule has 0 bridgehead atoms. The van der Waals surface area contributed by atoms with Gasteiger partial charge in [0.25, 0.3) is 5.56 Å². The Labute approximate surface area is 141 Å². The number of rotatable bonds is 5. The molecule has 1 fully saturated rings. The molecule has 1 aliphatic rings. The number of hydrogen-bond acceptors (Lipinski definition) is 4. The summed E-state index contributed by atoms with van der Waals surface area (Å²) in [7, 11) is 0. The zero-order chi connectivity index (χ0) is 16.8. The Morgan fingerprint density at radius 2 is 1.75 bits per heavy atom. The Hall–Kier alpha value is -2.47. The van der Waals surface area contributed by atoms with Gasteiger partial charge >= 0.3 is 0 Å². The highest BCUT2D eigenvalue weighted by molar-refractivity contribution is 5.76. The number of amides is 1. The largest absolute Gasteiger partial charge is 0.339 e. The van der Waals surface area contributed by atoms with Gasteiger partial charge < -0.3 is 4.90 Å². The Balaban J connectivity index is 1.45. The van der Waals surface area contributed by atoms with Gasteiger partial charge in [0.15, 0.2) is 0 Å². The van der Waals surface area contributed by atoms with Crippen LogP contribution in [-0.2, 0) is 17.8 Å². The fraction of sp³-hybridized carbons (Fsp3) is 0.389. The quantitative estimate of drug-likeness (QED) is 0.809. The minimum Gasteiger partial charge on any atom is -0.339 e. The molecule has 0 N–H and O–H groups in total. The van der Waals surface area contributed by atoms with Crippen LogP contribution in [0.3, 0.4) is 0 Å². The van der Waals surface area contributed by atoms with E-state index in [4.69, 9.17) is 0 Å². The second kappa shape index (κ2) is 7.88. The summed E-state index contributed by atoms with van der Waals surface area (Å²) >= 11 is 0. The average molecular weight is 326 g/mol. The van der Waals surface area contributed by atoms with Crippen LogP contribution >= 0.6 is 0 Å². The van der Waals surface area contributed by atoms with Crippen molar-refractivity contribution in [3.63, 3.8) is 0 Å². The Morgan fingerprint density at radius 3 is 2.46 bits per heavy atom. The lowest BCUT2D eigenvalue weighted by Gasteiger charge is -2.34. The van der Waals surface area contributed by atoms with Crippen molar-refractivity contribution in [1.82, 2.24) is 19.6 Å². The smallest absolute Gasteiger partial charge is 0.267 e. The first kappa shape index (κ1) is 16.4. The van der Waals surface area contributed by atoms with Crippen LogP contribution in [0.25, 0.3) is 0 Å². The van der Waals surface area contributed by atoms with E-state index in [0.717, 1.165) is 26.1 Å². The minimum atomic E-state index is -0.243. The van der Waals surface area contributed by atoms with Crippen molar-refractivity contribution >= 4 is 5.91 Å². The third-order valence-electron chi connectivity index (χ3n) is 4.35. The summed E-state index contributed by atoms with van der Waals surface area (Å²) in [6.07, 6.45) is 2.55. The Kier molecular flexibility index (Phi) is 5.38. The lowest BCUT2D eigenvalue weighted by molar-refractivity contribution is -0.133. The van der Waals surface area contributed by atoms with E-state index in [0.29, 0.717) is 13.1 Å². The van der Waals surface area contributed by atoms with Crippen molar-refractivity contribution in [2.24, 2.45) is 0 Å². The molecule has 1 amide bonds. The maximum Gasteiger partial charge on any atom is 0.267 e.